The van der Waals surface area contributed by atoms with Crippen molar-refractivity contribution in [2.45, 2.75) is 38.8 Å². The molecule has 2 N–H and O–H groups in total. The van der Waals surface area contributed by atoms with Crippen molar-refractivity contribution in [3.05, 3.63) is 40.9 Å². The SMILES string of the molecule is C[C@H]1[C@@H]2OC(C)(C)O[C@@H]2[C@]2(COc3ccc4cc(Br)c(N)nc4c3)C=C[C@H]12. The molecule has 0 radical (unpaired) electrons. The molecule has 0 amide bonds. The van der Waals surface area contributed by atoms with Gasteiger partial charge in [0.2, 0.25) is 0 Å². The molecule has 2 fully saturated rings. The topological polar surface area (TPSA) is 66.6 Å². The molecule has 0 unspecified atom stereocenters. The fraction of sp³-hybridized carbons (Fsp3) is 0.476. The van der Waals surface area contributed by atoms with Crippen molar-refractivity contribution >= 4 is 32.7 Å². The molecule has 1 aromatic carbocycles. The summed E-state index contributed by atoms with van der Waals surface area (Å²) in [4.78, 5) is 4.44. The first kappa shape index (κ1) is 17.5. The summed E-state index contributed by atoms with van der Waals surface area (Å²) in [5, 5.41) is 1.02. The van der Waals surface area contributed by atoms with E-state index in [1.165, 1.54) is 0 Å². The highest BCUT2D eigenvalue weighted by Gasteiger charge is 2.66. The Labute approximate surface area is 167 Å². The number of anilines is 1. The third-order valence-electron chi connectivity index (χ3n) is 6.24. The lowest BCUT2D eigenvalue weighted by Crippen LogP contribution is -2.46. The summed E-state index contributed by atoms with van der Waals surface area (Å²) in [6.07, 6.45) is 4.66. The van der Waals surface area contributed by atoms with Gasteiger partial charge >= 0.3 is 0 Å². The number of fused-ring (bicyclic) bond motifs is 4. The van der Waals surface area contributed by atoms with Gasteiger partial charge in [-0.15, -0.1) is 0 Å². The molecular weight excluding hydrogens is 408 g/mol. The highest BCUT2D eigenvalue weighted by molar-refractivity contribution is 9.10. The van der Waals surface area contributed by atoms with Crippen molar-refractivity contribution < 1.29 is 14.2 Å². The van der Waals surface area contributed by atoms with Crippen molar-refractivity contribution in [3.8, 4) is 5.75 Å². The Kier molecular flexibility index (Phi) is 3.68. The molecule has 5 rings (SSSR count). The number of nitrogens with two attached hydrogens (primary N) is 1. The van der Waals surface area contributed by atoms with Gasteiger partial charge in [0.15, 0.2) is 5.79 Å². The molecule has 3 aliphatic rings. The zero-order valence-corrected chi connectivity index (χ0v) is 17.2. The first-order valence-electron chi connectivity index (χ1n) is 9.33. The van der Waals surface area contributed by atoms with Gasteiger partial charge < -0.3 is 19.9 Å². The van der Waals surface area contributed by atoms with Crippen LogP contribution in [0.4, 0.5) is 5.82 Å². The van der Waals surface area contributed by atoms with E-state index >= 15 is 0 Å². The monoisotopic (exact) mass is 430 g/mol. The fourth-order valence-electron chi connectivity index (χ4n) is 4.86. The quantitative estimate of drug-likeness (QED) is 0.735. The van der Waals surface area contributed by atoms with Gasteiger partial charge in [-0.3, -0.25) is 0 Å². The summed E-state index contributed by atoms with van der Waals surface area (Å²) < 4.78 is 19.5. The van der Waals surface area contributed by atoms with Crippen LogP contribution in [0.3, 0.4) is 0 Å². The van der Waals surface area contributed by atoms with Crippen LogP contribution in [-0.4, -0.2) is 29.6 Å². The number of rotatable bonds is 3. The van der Waals surface area contributed by atoms with E-state index in [-0.39, 0.29) is 17.6 Å². The minimum atomic E-state index is -0.539. The predicted octanol–water partition coefficient (Wildman–Crippen LogP) is 4.30. The molecule has 6 heteroatoms. The van der Waals surface area contributed by atoms with Crippen LogP contribution in [0.5, 0.6) is 5.75 Å². The van der Waals surface area contributed by atoms with Crippen LogP contribution < -0.4 is 10.5 Å². The second-order valence-corrected chi connectivity index (χ2v) is 9.23. The minimum Gasteiger partial charge on any atom is -0.492 e. The van der Waals surface area contributed by atoms with E-state index < -0.39 is 5.79 Å². The van der Waals surface area contributed by atoms with Crippen molar-refractivity contribution in [1.29, 1.82) is 0 Å². The van der Waals surface area contributed by atoms with E-state index in [1.807, 2.05) is 38.1 Å². The van der Waals surface area contributed by atoms with Gasteiger partial charge in [-0.1, -0.05) is 19.1 Å². The highest BCUT2D eigenvalue weighted by atomic mass is 79.9. The van der Waals surface area contributed by atoms with Gasteiger partial charge in [0.25, 0.3) is 0 Å². The van der Waals surface area contributed by atoms with Crippen molar-refractivity contribution in [3.63, 3.8) is 0 Å². The van der Waals surface area contributed by atoms with Gasteiger partial charge in [0.05, 0.1) is 21.5 Å². The van der Waals surface area contributed by atoms with Crippen molar-refractivity contribution in [2.24, 2.45) is 17.3 Å². The molecule has 1 saturated heterocycles. The van der Waals surface area contributed by atoms with Crippen LogP contribution in [0.2, 0.25) is 0 Å². The lowest BCUT2D eigenvalue weighted by molar-refractivity contribution is -0.175. The van der Waals surface area contributed by atoms with Gasteiger partial charge in [-0.2, -0.15) is 0 Å². The molecule has 5 atom stereocenters. The molecule has 1 aliphatic heterocycles. The minimum absolute atomic E-state index is 0.0303. The Morgan fingerprint density at radius 2 is 2.07 bits per heavy atom. The Morgan fingerprint density at radius 3 is 2.81 bits per heavy atom. The van der Waals surface area contributed by atoms with E-state index in [2.05, 4.69) is 40.0 Å². The van der Waals surface area contributed by atoms with Crippen LogP contribution in [0.1, 0.15) is 20.8 Å². The fourth-order valence-corrected chi connectivity index (χ4v) is 5.19. The Morgan fingerprint density at radius 1 is 1.26 bits per heavy atom. The number of nitrogens with zero attached hydrogens (tertiary/aromatic N) is 1. The number of nitrogen functional groups attached to an aromatic ring is 1. The van der Waals surface area contributed by atoms with E-state index in [0.717, 1.165) is 21.1 Å². The maximum absolute atomic E-state index is 6.28. The average Bonchev–Trinajstić information content (AvgIpc) is 2.97. The van der Waals surface area contributed by atoms with Crippen molar-refractivity contribution in [2.75, 3.05) is 12.3 Å². The first-order chi connectivity index (χ1) is 12.8. The molecule has 5 nitrogen and oxygen atoms in total. The van der Waals surface area contributed by atoms with E-state index in [0.29, 0.717) is 24.3 Å². The van der Waals surface area contributed by atoms with Crippen LogP contribution in [0, 0.1) is 17.3 Å². The molecule has 1 saturated carbocycles. The molecular formula is C21H23BrN2O3. The summed E-state index contributed by atoms with van der Waals surface area (Å²) in [5.41, 5.74) is 6.62. The molecule has 2 heterocycles. The summed E-state index contributed by atoms with van der Waals surface area (Å²) in [6.45, 7) is 6.79. The van der Waals surface area contributed by atoms with E-state index in [4.69, 9.17) is 19.9 Å². The summed E-state index contributed by atoms with van der Waals surface area (Å²) in [6, 6.07) is 7.90. The maximum atomic E-state index is 6.28. The maximum Gasteiger partial charge on any atom is 0.163 e. The van der Waals surface area contributed by atoms with E-state index in [1.54, 1.807) is 0 Å². The molecule has 2 aromatic rings. The highest BCUT2D eigenvalue weighted by Crippen LogP contribution is 2.60. The number of hydrogen-bond acceptors (Lipinski definition) is 5. The normalized spacial score (nSPS) is 35.7. The molecule has 142 valence electrons. The number of benzene rings is 1. The van der Waals surface area contributed by atoms with Gasteiger partial charge in [0, 0.05) is 11.5 Å². The van der Waals surface area contributed by atoms with Crippen LogP contribution in [0.25, 0.3) is 10.9 Å². The lowest BCUT2D eigenvalue weighted by atomic mass is 9.66. The third-order valence-corrected chi connectivity index (χ3v) is 6.87. The second-order valence-electron chi connectivity index (χ2n) is 8.38. The van der Waals surface area contributed by atoms with Crippen LogP contribution in [-0.2, 0) is 9.47 Å². The standard InChI is InChI=1S/C21H23BrN2O3/c1-11-14-6-7-21(14,18-17(11)26-20(2,3)27-18)10-25-13-5-4-12-8-15(22)19(23)24-16(12)9-13/h4-9,11,14,17-18H,10H2,1-3H3,(H2,23,24)/t11-,14-,17+,18+,21+/m1/s1. The zero-order valence-electron chi connectivity index (χ0n) is 15.6. The number of hydrogen-bond donors (Lipinski definition) is 1. The molecule has 2 aliphatic carbocycles. The summed E-state index contributed by atoms with van der Waals surface area (Å²) in [5.74, 6) is 1.57. The Balaban J connectivity index is 1.40. The summed E-state index contributed by atoms with van der Waals surface area (Å²) in [7, 11) is 0. The smallest absolute Gasteiger partial charge is 0.163 e. The van der Waals surface area contributed by atoms with Gasteiger partial charge in [0.1, 0.15) is 24.3 Å². The Hall–Kier alpha value is -1.63. The van der Waals surface area contributed by atoms with Crippen LogP contribution in [0.15, 0.2) is 40.9 Å². The van der Waals surface area contributed by atoms with Gasteiger partial charge in [-0.25, -0.2) is 4.98 Å². The third kappa shape index (κ3) is 2.53. The van der Waals surface area contributed by atoms with Crippen molar-refractivity contribution in [1.82, 2.24) is 4.98 Å². The largest absolute Gasteiger partial charge is 0.492 e. The lowest BCUT2D eigenvalue weighted by Gasteiger charge is -2.42. The molecule has 1 aromatic heterocycles. The zero-order chi connectivity index (χ0) is 19.0. The predicted molar refractivity (Wildman–Crippen MR) is 107 cm³/mol. The summed E-state index contributed by atoms with van der Waals surface area (Å²) >= 11 is 3.42. The number of halogens is 1. The van der Waals surface area contributed by atoms with E-state index in [9.17, 15) is 0 Å². The number of allylic oxidation sites excluding steroid dienone is 1. The number of pyridine rings is 1. The molecule has 0 bridgehead atoms. The Bertz CT molecular complexity index is 960. The average molecular weight is 431 g/mol. The molecule has 27 heavy (non-hydrogen) atoms. The number of aromatic nitrogens is 1. The van der Waals surface area contributed by atoms with Gasteiger partial charge in [-0.05, 0) is 59.8 Å². The second kappa shape index (κ2) is 5.69. The number of ether oxygens (including phenoxy) is 3. The molecule has 0 spiro atoms. The van der Waals surface area contributed by atoms with Crippen LogP contribution >= 0.6 is 15.9 Å². The first-order valence-corrected chi connectivity index (χ1v) is 10.1.